The van der Waals surface area contributed by atoms with Crippen LogP contribution in [0.3, 0.4) is 0 Å². The van der Waals surface area contributed by atoms with E-state index in [-0.39, 0.29) is 5.95 Å². The van der Waals surface area contributed by atoms with Gasteiger partial charge in [-0.25, -0.2) is 0 Å². The van der Waals surface area contributed by atoms with Crippen molar-refractivity contribution in [1.82, 2.24) is 35.2 Å². The van der Waals surface area contributed by atoms with E-state index in [2.05, 4.69) is 48.8 Å². The number of anilines is 3. The van der Waals surface area contributed by atoms with Crippen molar-refractivity contribution in [2.45, 2.75) is 24.8 Å². The minimum atomic E-state index is 0.156. The minimum absolute atomic E-state index is 0.156. The summed E-state index contributed by atoms with van der Waals surface area (Å²) in [4.78, 5) is 12.8. The molecule has 2 aromatic heterocycles. The van der Waals surface area contributed by atoms with E-state index in [1.54, 1.807) is 4.68 Å². The van der Waals surface area contributed by atoms with Crippen molar-refractivity contribution in [3.63, 3.8) is 0 Å². The zero-order valence-corrected chi connectivity index (χ0v) is 16.8. The van der Waals surface area contributed by atoms with Crippen LogP contribution in [0.1, 0.15) is 17.0 Å². The molecule has 9 nitrogen and oxygen atoms in total. The topological polar surface area (TPSA) is 120 Å². The van der Waals surface area contributed by atoms with Crippen LogP contribution in [-0.2, 0) is 5.75 Å². The van der Waals surface area contributed by atoms with Gasteiger partial charge in [0.2, 0.25) is 17.1 Å². The molecule has 0 aliphatic heterocycles. The number of nitrogens with zero attached hydrogens (tertiary/aromatic N) is 7. The predicted molar refractivity (Wildman–Crippen MR) is 112 cm³/mol. The van der Waals surface area contributed by atoms with Crippen molar-refractivity contribution < 1.29 is 0 Å². The number of benzene rings is 2. The Kier molecular flexibility index (Phi) is 5.34. The number of aryl methyl sites for hydroxylation is 2. The van der Waals surface area contributed by atoms with Gasteiger partial charge < -0.3 is 11.1 Å². The zero-order chi connectivity index (χ0) is 20.2. The first-order chi connectivity index (χ1) is 14.1. The van der Waals surface area contributed by atoms with Crippen molar-refractivity contribution >= 4 is 29.3 Å². The van der Waals surface area contributed by atoms with Gasteiger partial charge in [0.25, 0.3) is 0 Å². The molecule has 0 radical (unpaired) electrons. The minimum Gasteiger partial charge on any atom is -0.368 e. The van der Waals surface area contributed by atoms with E-state index in [0.717, 1.165) is 16.9 Å². The fourth-order valence-electron chi connectivity index (χ4n) is 2.80. The van der Waals surface area contributed by atoms with Crippen LogP contribution in [0.4, 0.5) is 17.6 Å². The summed E-state index contributed by atoms with van der Waals surface area (Å²) in [5, 5.41) is 15.9. The molecule has 2 heterocycles. The number of thioether (sulfide) groups is 1. The molecule has 146 valence electrons. The Balaban J connectivity index is 1.52. The Hall–Kier alpha value is -3.53. The highest BCUT2D eigenvalue weighted by Crippen LogP contribution is 2.24. The Bertz CT molecular complexity index is 1130. The van der Waals surface area contributed by atoms with Gasteiger partial charge in [-0.05, 0) is 48.0 Å². The molecular formula is C19H19N9S. The van der Waals surface area contributed by atoms with E-state index >= 15 is 0 Å². The maximum atomic E-state index is 5.86. The number of aromatic nitrogens is 7. The van der Waals surface area contributed by atoms with Gasteiger partial charge in [0.15, 0.2) is 0 Å². The van der Waals surface area contributed by atoms with Crippen LogP contribution in [0, 0.1) is 13.8 Å². The van der Waals surface area contributed by atoms with E-state index in [1.807, 2.05) is 49.4 Å². The normalized spacial score (nSPS) is 10.8. The lowest BCUT2D eigenvalue weighted by Crippen LogP contribution is -2.07. The van der Waals surface area contributed by atoms with Crippen LogP contribution in [-0.4, -0.2) is 35.2 Å². The van der Waals surface area contributed by atoms with Gasteiger partial charge in [0.05, 0.1) is 11.4 Å². The first-order valence-electron chi connectivity index (χ1n) is 8.90. The van der Waals surface area contributed by atoms with Crippen molar-refractivity contribution in [2.75, 3.05) is 11.1 Å². The van der Waals surface area contributed by atoms with E-state index < -0.39 is 0 Å². The number of nitrogen functional groups attached to an aromatic ring is 1. The van der Waals surface area contributed by atoms with Crippen molar-refractivity contribution in [1.29, 1.82) is 0 Å². The van der Waals surface area contributed by atoms with Gasteiger partial charge in [0, 0.05) is 5.69 Å². The Morgan fingerprint density at radius 1 is 1.03 bits per heavy atom. The van der Waals surface area contributed by atoms with Gasteiger partial charge in [-0.3, -0.25) is 0 Å². The third kappa shape index (κ3) is 4.49. The number of nitrogens with two attached hydrogens (primary N) is 1. The standard InChI is InChI=1S/C19H19N9S/c1-12-8-9-15(13(2)10-12)28-19(25-26-27-28)29-11-16-22-17(20)24-18(23-16)21-14-6-4-3-5-7-14/h3-10H,11H2,1-2H3,(H3,20,21,22,23,24). The number of hydrogen-bond acceptors (Lipinski definition) is 9. The Morgan fingerprint density at radius 2 is 1.86 bits per heavy atom. The summed E-state index contributed by atoms with van der Waals surface area (Å²) in [6, 6.07) is 15.8. The van der Waals surface area contributed by atoms with Gasteiger partial charge in [0.1, 0.15) is 5.82 Å². The summed E-state index contributed by atoms with van der Waals surface area (Å²) in [7, 11) is 0. The monoisotopic (exact) mass is 405 g/mol. The number of hydrogen-bond donors (Lipinski definition) is 2. The van der Waals surface area contributed by atoms with Crippen LogP contribution in [0.5, 0.6) is 0 Å². The number of rotatable bonds is 6. The molecule has 0 spiro atoms. The highest BCUT2D eigenvalue weighted by molar-refractivity contribution is 7.98. The van der Waals surface area contributed by atoms with Gasteiger partial charge >= 0.3 is 0 Å². The number of para-hydroxylation sites is 1. The van der Waals surface area contributed by atoms with Crippen LogP contribution in [0.25, 0.3) is 5.69 Å². The summed E-state index contributed by atoms with van der Waals surface area (Å²) in [6.07, 6.45) is 0. The molecule has 0 aliphatic carbocycles. The molecule has 0 fully saturated rings. The predicted octanol–water partition coefficient (Wildman–Crippen LogP) is 3.08. The SMILES string of the molecule is Cc1ccc(-n2nnnc2SCc2nc(N)nc(Nc3ccccc3)n2)c(C)c1. The number of nitrogens with one attached hydrogen (secondary N) is 1. The van der Waals surface area contributed by atoms with E-state index in [0.29, 0.717) is 22.7 Å². The second-order valence-corrected chi connectivity index (χ2v) is 7.32. The maximum Gasteiger partial charge on any atom is 0.232 e. The smallest absolute Gasteiger partial charge is 0.232 e. The highest BCUT2D eigenvalue weighted by atomic mass is 32.2. The summed E-state index contributed by atoms with van der Waals surface area (Å²) in [5.74, 6) is 1.54. The van der Waals surface area contributed by atoms with Crippen molar-refractivity contribution in [3.05, 3.63) is 65.5 Å². The lowest BCUT2D eigenvalue weighted by Gasteiger charge is -2.09. The number of tetrazole rings is 1. The fraction of sp³-hybridized carbons (Fsp3) is 0.158. The van der Waals surface area contributed by atoms with Crippen LogP contribution < -0.4 is 11.1 Å². The summed E-state index contributed by atoms with van der Waals surface area (Å²) in [5.41, 5.74) is 9.95. The molecule has 4 aromatic rings. The third-order valence-electron chi connectivity index (χ3n) is 4.08. The van der Waals surface area contributed by atoms with Crippen LogP contribution in [0.2, 0.25) is 0 Å². The van der Waals surface area contributed by atoms with Gasteiger partial charge in [-0.1, -0.05) is 47.7 Å². The lowest BCUT2D eigenvalue weighted by atomic mass is 10.1. The Labute approximate surface area is 171 Å². The quantitative estimate of drug-likeness (QED) is 0.466. The average Bonchev–Trinajstić information content (AvgIpc) is 3.15. The molecule has 29 heavy (non-hydrogen) atoms. The Morgan fingerprint density at radius 3 is 2.66 bits per heavy atom. The molecule has 0 saturated carbocycles. The van der Waals surface area contributed by atoms with Gasteiger partial charge in [-0.2, -0.15) is 19.6 Å². The second-order valence-electron chi connectivity index (χ2n) is 6.38. The van der Waals surface area contributed by atoms with Crippen LogP contribution >= 0.6 is 11.8 Å². The summed E-state index contributed by atoms with van der Waals surface area (Å²) in [6.45, 7) is 4.09. The molecule has 0 aliphatic rings. The molecule has 3 N–H and O–H groups in total. The lowest BCUT2D eigenvalue weighted by molar-refractivity contribution is 0.751. The van der Waals surface area contributed by atoms with Gasteiger partial charge in [-0.15, -0.1) is 5.10 Å². The van der Waals surface area contributed by atoms with Crippen LogP contribution in [0.15, 0.2) is 53.7 Å². The highest BCUT2D eigenvalue weighted by Gasteiger charge is 2.13. The first kappa shape index (κ1) is 18.8. The molecule has 0 bridgehead atoms. The molecule has 0 atom stereocenters. The first-order valence-corrected chi connectivity index (χ1v) is 9.88. The fourth-order valence-corrected chi connectivity index (χ4v) is 3.54. The second kappa shape index (κ2) is 8.23. The molecule has 10 heteroatoms. The largest absolute Gasteiger partial charge is 0.368 e. The van der Waals surface area contributed by atoms with Crippen molar-refractivity contribution in [2.24, 2.45) is 0 Å². The third-order valence-corrected chi connectivity index (χ3v) is 5.00. The van der Waals surface area contributed by atoms with Crippen molar-refractivity contribution in [3.8, 4) is 5.69 Å². The maximum absolute atomic E-state index is 5.86. The molecule has 0 unspecified atom stereocenters. The molecule has 0 amide bonds. The average molecular weight is 405 g/mol. The summed E-state index contributed by atoms with van der Waals surface area (Å²) >= 11 is 1.43. The molecule has 0 saturated heterocycles. The van der Waals surface area contributed by atoms with E-state index in [4.69, 9.17) is 5.73 Å². The molecule has 4 rings (SSSR count). The molecular weight excluding hydrogens is 386 g/mol. The van der Waals surface area contributed by atoms with E-state index in [1.165, 1.54) is 17.3 Å². The zero-order valence-electron chi connectivity index (χ0n) is 15.9. The summed E-state index contributed by atoms with van der Waals surface area (Å²) < 4.78 is 1.72. The van der Waals surface area contributed by atoms with E-state index in [9.17, 15) is 0 Å². The molecule has 2 aromatic carbocycles.